The molecule has 25 heavy (non-hydrogen) atoms. The van der Waals surface area contributed by atoms with Gasteiger partial charge in [-0.3, -0.25) is 4.79 Å². The van der Waals surface area contributed by atoms with Crippen LogP contribution in [-0.2, 0) is 4.74 Å². The molecule has 1 fully saturated rings. The third-order valence-corrected chi connectivity index (χ3v) is 4.04. The van der Waals surface area contributed by atoms with Crippen LogP contribution in [0.15, 0.2) is 36.7 Å². The number of nitrogens with zero attached hydrogens (tertiary/aromatic N) is 2. The molecule has 0 radical (unpaired) electrons. The van der Waals surface area contributed by atoms with Gasteiger partial charge in [-0.1, -0.05) is 12.1 Å². The summed E-state index contributed by atoms with van der Waals surface area (Å²) in [5, 5.41) is 11.5. The summed E-state index contributed by atoms with van der Waals surface area (Å²) in [5.41, 5.74) is 0.683. The molecular weight excluding hydrogens is 329 g/mol. The zero-order valence-corrected chi connectivity index (χ0v) is 13.2. The lowest BCUT2D eigenvalue weighted by Crippen LogP contribution is -2.31. The van der Waals surface area contributed by atoms with Crippen molar-refractivity contribution in [3.05, 3.63) is 59.4 Å². The number of halogens is 1. The van der Waals surface area contributed by atoms with Crippen LogP contribution in [0, 0.1) is 11.7 Å². The number of amides is 1. The first kappa shape index (κ1) is 17.0. The Kier molecular flexibility index (Phi) is 4.99. The molecule has 0 saturated carbocycles. The highest BCUT2D eigenvalue weighted by Gasteiger charge is 2.30. The lowest BCUT2D eigenvalue weighted by molar-refractivity contribution is 0.0688. The van der Waals surface area contributed by atoms with E-state index >= 15 is 0 Å². The maximum absolute atomic E-state index is 13.0. The fourth-order valence-electron chi connectivity index (χ4n) is 2.73. The maximum atomic E-state index is 13.0. The average Bonchev–Trinajstić information content (AvgIpc) is 3.09. The summed E-state index contributed by atoms with van der Waals surface area (Å²) in [7, 11) is 0. The van der Waals surface area contributed by atoms with Gasteiger partial charge in [0, 0.05) is 19.1 Å². The maximum Gasteiger partial charge on any atom is 0.356 e. The van der Waals surface area contributed by atoms with Crippen LogP contribution in [0.2, 0.25) is 0 Å². The Bertz CT molecular complexity index is 764. The molecule has 2 heterocycles. The summed E-state index contributed by atoms with van der Waals surface area (Å²) < 4.78 is 18.7. The van der Waals surface area contributed by atoms with Crippen LogP contribution in [-0.4, -0.2) is 40.1 Å². The lowest BCUT2D eigenvalue weighted by Gasteiger charge is -2.19. The molecule has 0 bridgehead atoms. The lowest BCUT2D eigenvalue weighted by atomic mass is 9.95. The Morgan fingerprint density at radius 1 is 1.20 bits per heavy atom. The minimum Gasteiger partial charge on any atom is -0.476 e. The molecule has 0 aliphatic carbocycles. The first-order valence-electron chi connectivity index (χ1n) is 7.75. The highest BCUT2D eigenvalue weighted by Crippen LogP contribution is 2.34. The van der Waals surface area contributed by atoms with Crippen molar-refractivity contribution in [1.82, 2.24) is 15.3 Å². The second kappa shape index (κ2) is 7.35. The van der Waals surface area contributed by atoms with Gasteiger partial charge in [0.1, 0.15) is 11.5 Å². The first-order valence-corrected chi connectivity index (χ1v) is 7.75. The van der Waals surface area contributed by atoms with Crippen LogP contribution in [0.4, 0.5) is 4.39 Å². The molecule has 130 valence electrons. The number of hydrogen-bond donors (Lipinski definition) is 2. The van der Waals surface area contributed by atoms with Gasteiger partial charge in [0.15, 0.2) is 5.69 Å². The molecule has 1 aromatic heterocycles. The molecule has 0 unspecified atom stereocenters. The van der Waals surface area contributed by atoms with Crippen molar-refractivity contribution in [2.45, 2.75) is 12.5 Å². The molecule has 0 spiro atoms. The van der Waals surface area contributed by atoms with Crippen LogP contribution < -0.4 is 5.32 Å². The quantitative estimate of drug-likeness (QED) is 0.857. The van der Waals surface area contributed by atoms with Gasteiger partial charge in [-0.15, -0.1) is 0 Å². The molecular formula is C17H16FN3O4. The van der Waals surface area contributed by atoms with E-state index in [1.165, 1.54) is 12.1 Å². The number of carbonyl (C=O) groups is 2. The summed E-state index contributed by atoms with van der Waals surface area (Å²) in [6.45, 7) is 0.929. The molecule has 2 atom stereocenters. The monoisotopic (exact) mass is 345 g/mol. The fourth-order valence-corrected chi connectivity index (χ4v) is 2.73. The highest BCUT2D eigenvalue weighted by molar-refractivity contribution is 5.92. The number of carbonyl (C=O) groups excluding carboxylic acids is 1. The van der Waals surface area contributed by atoms with Gasteiger partial charge < -0.3 is 15.2 Å². The predicted molar refractivity (Wildman–Crippen MR) is 84.5 cm³/mol. The molecule has 1 saturated heterocycles. The molecule has 3 rings (SSSR count). The van der Waals surface area contributed by atoms with E-state index in [0.717, 1.165) is 24.4 Å². The Labute approximate surface area is 142 Å². The first-order chi connectivity index (χ1) is 12.0. The molecule has 8 heteroatoms. The summed E-state index contributed by atoms with van der Waals surface area (Å²) in [6.07, 6.45) is 2.73. The van der Waals surface area contributed by atoms with Gasteiger partial charge in [0.25, 0.3) is 5.91 Å². The Morgan fingerprint density at radius 2 is 1.88 bits per heavy atom. The van der Waals surface area contributed by atoms with Gasteiger partial charge >= 0.3 is 5.97 Å². The third kappa shape index (κ3) is 3.97. The largest absolute Gasteiger partial charge is 0.476 e. The number of carboxylic acids is 1. The van der Waals surface area contributed by atoms with Crippen molar-refractivity contribution in [3.8, 4) is 0 Å². The number of ether oxygens (including phenoxy) is 1. The number of aromatic carboxylic acids is 1. The molecule has 1 amide bonds. The molecule has 2 N–H and O–H groups in total. The van der Waals surface area contributed by atoms with Crippen LogP contribution in [0.5, 0.6) is 0 Å². The minimum atomic E-state index is -1.20. The van der Waals surface area contributed by atoms with E-state index in [9.17, 15) is 14.0 Å². The number of benzene rings is 1. The second-order valence-corrected chi connectivity index (χ2v) is 5.69. The summed E-state index contributed by atoms with van der Waals surface area (Å²) in [6, 6.07) is 6.12. The minimum absolute atomic E-state index is 0.0437. The SMILES string of the molecule is O=C(O)c1cnc(C(=O)NC[C@@H]2CCO[C@H]2c2ccc(F)cc2)cn1. The van der Waals surface area contributed by atoms with Gasteiger partial charge in [0.05, 0.1) is 18.5 Å². The normalized spacial score (nSPS) is 19.6. The van der Waals surface area contributed by atoms with E-state index in [4.69, 9.17) is 9.84 Å². The van der Waals surface area contributed by atoms with E-state index in [1.54, 1.807) is 12.1 Å². The van der Waals surface area contributed by atoms with E-state index in [2.05, 4.69) is 15.3 Å². The van der Waals surface area contributed by atoms with Gasteiger partial charge in [-0.2, -0.15) is 0 Å². The summed E-state index contributed by atoms with van der Waals surface area (Å²) in [5.74, 6) is -1.89. The summed E-state index contributed by atoms with van der Waals surface area (Å²) >= 11 is 0. The molecule has 1 aliphatic heterocycles. The Hall–Kier alpha value is -2.87. The molecule has 7 nitrogen and oxygen atoms in total. The van der Waals surface area contributed by atoms with Gasteiger partial charge in [-0.05, 0) is 24.1 Å². The van der Waals surface area contributed by atoms with E-state index in [1.807, 2.05) is 0 Å². The summed E-state index contributed by atoms with van der Waals surface area (Å²) in [4.78, 5) is 30.3. The number of aromatic nitrogens is 2. The highest BCUT2D eigenvalue weighted by atomic mass is 19.1. The zero-order valence-electron chi connectivity index (χ0n) is 13.2. The van der Waals surface area contributed by atoms with Gasteiger partial charge in [-0.25, -0.2) is 19.2 Å². The fraction of sp³-hybridized carbons (Fsp3) is 0.294. The van der Waals surface area contributed by atoms with Crippen LogP contribution in [0.1, 0.15) is 39.1 Å². The average molecular weight is 345 g/mol. The Balaban J connectivity index is 1.61. The van der Waals surface area contributed by atoms with Crippen molar-refractivity contribution in [2.24, 2.45) is 5.92 Å². The van der Waals surface area contributed by atoms with Crippen molar-refractivity contribution < 1.29 is 23.8 Å². The van der Waals surface area contributed by atoms with E-state index < -0.39 is 11.9 Å². The molecule has 2 aromatic rings. The topological polar surface area (TPSA) is 101 Å². The predicted octanol–water partition coefficient (Wildman–Crippen LogP) is 1.82. The third-order valence-electron chi connectivity index (χ3n) is 4.04. The van der Waals surface area contributed by atoms with Crippen LogP contribution >= 0.6 is 0 Å². The number of hydrogen-bond acceptors (Lipinski definition) is 5. The molecule has 1 aromatic carbocycles. The van der Waals surface area contributed by atoms with E-state index in [0.29, 0.717) is 13.2 Å². The smallest absolute Gasteiger partial charge is 0.356 e. The van der Waals surface area contributed by atoms with Crippen molar-refractivity contribution in [1.29, 1.82) is 0 Å². The van der Waals surface area contributed by atoms with Crippen LogP contribution in [0.3, 0.4) is 0 Å². The molecule has 1 aliphatic rings. The van der Waals surface area contributed by atoms with Crippen molar-refractivity contribution in [2.75, 3.05) is 13.2 Å². The van der Waals surface area contributed by atoms with Crippen molar-refractivity contribution in [3.63, 3.8) is 0 Å². The van der Waals surface area contributed by atoms with Gasteiger partial charge in [0.2, 0.25) is 0 Å². The number of carboxylic acid groups (broad SMARTS) is 1. The van der Waals surface area contributed by atoms with Crippen LogP contribution in [0.25, 0.3) is 0 Å². The zero-order chi connectivity index (χ0) is 17.8. The second-order valence-electron chi connectivity index (χ2n) is 5.69. The van der Waals surface area contributed by atoms with E-state index in [-0.39, 0.29) is 29.2 Å². The van der Waals surface area contributed by atoms with Crippen molar-refractivity contribution >= 4 is 11.9 Å². The number of rotatable bonds is 5. The standard InChI is InChI=1S/C17H16FN3O4/c18-12-3-1-10(2-4-12)15-11(5-6-25-15)7-21-16(22)13-8-20-14(9-19-13)17(23)24/h1-4,8-9,11,15H,5-7H2,(H,21,22)(H,23,24)/t11-,15-/m0/s1. The Morgan fingerprint density at radius 3 is 2.52 bits per heavy atom. The number of nitrogens with one attached hydrogen (secondary N) is 1.